The molecule has 10 heteroatoms. The van der Waals surface area contributed by atoms with Crippen molar-refractivity contribution in [2.24, 2.45) is 23.7 Å². The summed E-state index contributed by atoms with van der Waals surface area (Å²) in [4.78, 5) is 16.0. The normalized spacial score (nSPS) is 29.9. The van der Waals surface area contributed by atoms with E-state index in [0.717, 1.165) is 69.3 Å². The Kier molecular flexibility index (Phi) is 10.6. The van der Waals surface area contributed by atoms with Gasteiger partial charge in [0.05, 0.1) is 17.0 Å². The molecule has 2 fully saturated rings. The van der Waals surface area contributed by atoms with E-state index < -0.39 is 27.3 Å². The first kappa shape index (κ1) is 33.3. The fourth-order valence-electron chi connectivity index (χ4n) is 7.60. The van der Waals surface area contributed by atoms with Crippen LogP contribution in [0.1, 0.15) is 79.8 Å². The number of hydrogen-bond acceptors (Lipinski definition) is 7. The number of nitrogens with zero attached hydrogens (tertiary/aromatic N) is 1. The van der Waals surface area contributed by atoms with Gasteiger partial charge in [0.1, 0.15) is 12.4 Å². The van der Waals surface area contributed by atoms with Crippen molar-refractivity contribution in [1.82, 2.24) is 4.72 Å². The van der Waals surface area contributed by atoms with E-state index in [9.17, 15) is 18.3 Å². The third kappa shape index (κ3) is 7.75. The van der Waals surface area contributed by atoms with Crippen molar-refractivity contribution in [1.29, 1.82) is 0 Å². The van der Waals surface area contributed by atoms with E-state index in [1.54, 1.807) is 18.2 Å². The number of nitrogens with one attached hydrogen (secondary N) is 1. The van der Waals surface area contributed by atoms with E-state index in [-0.39, 0.29) is 29.2 Å². The van der Waals surface area contributed by atoms with E-state index in [2.05, 4.69) is 9.62 Å². The van der Waals surface area contributed by atoms with Crippen LogP contribution >= 0.6 is 11.6 Å². The molecular formula is C36H47ClN2O6S. The Morgan fingerprint density at radius 2 is 1.87 bits per heavy atom. The van der Waals surface area contributed by atoms with Gasteiger partial charge < -0.3 is 19.5 Å². The van der Waals surface area contributed by atoms with E-state index in [4.69, 9.17) is 21.1 Å². The van der Waals surface area contributed by atoms with Gasteiger partial charge in [-0.05, 0) is 123 Å². The molecule has 1 amide bonds. The summed E-state index contributed by atoms with van der Waals surface area (Å²) in [5.74, 6) is 0.408. The molecule has 2 aromatic carbocycles. The molecular weight excluding hydrogens is 624 g/mol. The molecule has 1 saturated heterocycles. The number of anilines is 1. The molecule has 2 N–H and O–H groups in total. The third-order valence-corrected chi connectivity index (χ3v) is 12.8. The number of allylic oxidation sites excluding steroid dienone is 1. The molecule has 3 aliphatic heterocycles. The second-order valence-corrected chi connectivity index (χ2v) is 16.1. The second-order valence-electron chi connectivity index (χ2n) is 13.7. The highest BCUT2D eigenvalue weighted by atomic mass is 35.5. The molecule has 5 atom stereocenters. The zero-order chi connectivity index (χ0) is 32.3. The SMILES string of the molecule is C[C@H]1C/C=C/[C@H](O)[C@@H]2CC[C@H]2CN2CCCCc3cc(Cl)ccc3COc3ccc(cc32)C(=O)NS(=O)(=O)[C@H]1CC1CCOCC1. The van der Waals surface area contributed by atoms with Gasteiger partial charge in [-0.25, -0.2) is 13.1 Å². The van der Waals surface area contributed by atoms with Crippen LogP contribution in [-0.4, -0.2) is 57.1 Å². The first-order chi connectivity index (χ1) is 22.2. The van der Waals surface area contributed by atoms with Crippen molar-refractivity contribution in [3.8, 4) is 5.75 Å². The van der Waals surface area contributed by atoms with Crippen molar-refractivity contribution < 1.29 is 27.8 Å². The van der Waals surface area contributed by atoms with Crippen molar-refractivity contribution in [3.63, 3.8) is 0 Å². The summed E-state index contributed by atoms with van der Waals surface area (Å²) in [5.41, 5.74) is 3.31. The fraction of sp³-hybridized carbons (Fsp3) is 0.583. The number of aliphatic hydroxyl groups is 1. The number of fused-ring (bicyclic) bond motifs is 3. The highest BCUT2D eigenvalue weighted by Crippen LogP contribution is 2.41. The Hall–Kier alpha value is -2.59. The van der Waals surface area contributed by atoms with Crippen molar-refractivity contribution >= 4 is 33.2 Å². The van der Waals surface area contributed by atoms with Crippen LogP contribution in [0.5, 0.6) is 5.75 Å². The van der Waals surface area contributed by atoms with Crippen LogP contribution in [0.4, 0.5) is 5.69 Å². The minimum atomic E-state index is -4.01. The number of aliphatic hydroxyl groups excluding tert-OH is 1. The largest absolute Gasteiger partial charge is 0.487 e. The Balaban J connectivity index is 1.36. The van der Waals surface area contributed by atoms with E-state index >= 15 is 0 Å². The number of rotatable bonds is 2. The molecule has 0 radical (unpaired) electrons. The molecule has 0 aromatic heterocycles. The molecule has 1 aliphatic carbocycles. The second kappa shape index (κ2) is 14.7. The van der Waals surface area contributed by atoms with E-state index in [0.29, 0.717) is 43.4 Å². The lowest BCUT2D eigenvalue weighted by molar-refractivity contribution is 0.0460. The van der Waals surface area contributed by atoms with Crippen LogP contribution in [0.2, 0.25) is 5.02 Å². The maximum atomic E-state index is 13.9. The van der Waals surface area contributed by atoms with Crippen LogP contribution in [0.3, 0.4) is 0 Å². The lowest BCUT2D eigenvalue weighted by atomic mass is 9.70. The highest BCUT2D eigenvalue weighted by molar-refractivity contribution is 7.90. The fourth-order valence-corrected chi connectivity index (χ4v) is 9.57. The maximum Gasteiger partial charge on any atom is 0.264 e. The van der Waals surface area contributed by atoms with Gasteiger partial charge >= 0.3 is 0 Å². The molecule has 0 unspecified atom stereocenters. The topological polar surface area (TPSA) is 105 Å². The summed E-state index contributed by atoms with van der Waals surface area (Å²) in [6.45, 7) is 5.00. The summed E-state index contributed by atoms with van der Waals surface area (Å²) >= 11 is 6.33. The number of halogens is 1. The van der Waals surface area contributed by atoms with Crippen LogP contribution in [0.25, 0.3) is 0 Å². The Bertz CT molecular complexity index is 1520. The number of benzene rings is 2. The number of amides is 1. The first-order valence-corrected chi connectivity index (χ1v) is 18.9. The maximum absolute atomic E-state index is 13.9. The average molecular weight is 671 g/mol. The van der Waals surface area contributed by atoms with Crippen molar-refractivity contribution in [2.75, 3.05) is 31.2 Å². The zero-order valence-electron chi connectivity index (χ0n) is 26.7. The molecule has 250 valence electrons. The Morgan fingerprint density at radius 1 is 1.04 bits per heavy atom. The van der Waals surface area contributed by atoms with Gasteiger partial charge in [0.2, 0.25) is 10.0 Å². The van der Waals surface area contributed by atoms with Crippen LogP contribution in [-0.2, 0) is 27.8 Å². The molecule has 2 bridgehead atoms. The molecule has 2 aromatic rings. The zero-order valence-corrected chi connectivity index (χ0v) is 28.3. The van der Waals surface area contributed by atoms with E-state index in [1.807, 2.05) is 37.3 Å². The number of sulfonamides is 1. The van der Waals surface area contributed by atoms with Gasteiger partial charge in [-0.3, -0.25) is 4.79 Å². The molecule has 1 saturated carbocycles. The highest BCUT2D eigenvalue weighted by Gasteiger charge is 2.38. The summed E-state index contributed by atoms with van der Waals surface area (Å²) in [6, 6.07) is 11.1. The lowest BCUT2D eigenvalue weighted by Gasteiger charge is -2.42. The molecule has 8 nitrogen and oxygen atoms in total. The number of hydrogen-bond donors (Lipinski definition) is 2. The van der Waals surface area contributed by atoms with Crippen molar-refractivity contribution in [3.05, 3.63) is 70.3 Å². The quantitative estimate of drug-likeness (QED) is 0.362. The minimum absolute atomic E-state index is 0.127. The smallest absolute Gasteiger partial charge is 0.264 e. The van der Waals surface area contributed by atoms with Gasteiger partial charge in [0.25, 0.3) is 5.91 Å². The van der Waals surface area contributed by atoms with Gasteiger partial charge in [-0.2, -0.15) is 0 Å². The number of carbonyl (C=O) groups excluding carboxylic acids is 1. The van der Waals surface area contributed by atoms with Gasteiger partial charge in [-0.1, -0.05) is 36.7 Å². The third-order valence-electron chi connectivity index (χ3n) is 10.6. The minimum Gasteiger partial charge on any atom is -0.487 e. The molecule has 4 aliphatic rings. The summed E-state index contributed by atoms with van der Waals surface area (Å²) in [6.07, 6.45) is 10.5. The van der Waals surface area contributed by atoms with Gasteiger partial charge in [0.15, 0.2) is 0 Å². The first-order valence-electron chi connectivity index (χ1n) is 17.0. The lowest BCUT2D eigenvalue weighted by Crippen LogP contribution is -2.44. The molecule has 6 rings (SSSR count). The van der Waals surface area contributed by atoms with Gasteiger partial charge in [0, 0.05) is 36.9 Å². The predicted molar refractivity (Wildman–Crippen MR) is 181 cm³/mol. The monoisotopic (exact) mass is 670 g/mol. The standard InChI is InChI=1S/C36H47ClN2O6S/c1-24-5-4-7-33(40)31-12-9-28(31)22-39-16-3-2-6-26-20-30(37)11-8-29(26)23-45-34-13-10-27(21-32(34)39)36(41)38-46(42,43)35(24)19-25-14-17-44-18-15-25/h4,7-8,10-11,13,20-21,24-25,28,31,33,35,40H,2-3,5-6,9,12,14-19,22-23H2,1H3,(H,38,41)/b7-4+/t24-,28-,31+,33-,35-/m0/s1. The molecule has 46 heavy (non-hydrogen) atoms. The van der Waals surface area contributed by atoms with Crippen molar-refractivity contribution in [2.45, 2.75) is 82.7 Å². The number of ether oxygens (including phenoxy) is 2. The van der Waals surface area contributed by atoms with Crippen LogP contribution in [0.15, 0.2) is 48.6 Å². The van der Waals surface area contributed by atoms with Crippen LogP contribution < -0.4 is 14.4 Å². The van der Waals surface area contributed by atoms with Gasteiger partial charge in [-0.15, -0.1) is 0 Å². The average Bonchev–Trinajstić information content (AvgIpc) is 3.04. The van der Waals surface area contributed by atoms with E-state index in [1.165, 1.54) is 5.56 Å². The number of aryl methyl sites for hydroxylation is 1. The Morgan fingerprint density at radius 3 is 2.65 bits per heavy atom. The summed E-state index contributed by atoms with van der Waals surface area (Å²) in [7, 11) is -4.01. The predicted octanol–water partition coefficient (Wildman–Crippen LogP) is 6.29. The van der Waals surface area contributed by atoms with Crippen LogP contribution in [0, 0.1) is 23.7 Å². The Labute approximate surface area is 278 Å². The molecule has 0 spiro atoms. The summed E-state index contributed by atoms with van der Waals surface area (Å²) < 4.78 is 42.3. The molecule has 3 heterocycles. The summed E-state index contributed by atoms with van der Waals surface area (Å²) in [5, 5.41) is 11.2. The number of carbonyl (C=O) groups is 1.